The van der Waals surface area contributed by atoms with E-state index in [-0.39, 0.29) is 11.7 Å². The molecule has 0 spiro atoms. The lowest BCUT2D eigenvalue weighted by Crippen LogP contribution is -2.14. The van der Waals surface area contributed by atoms with Crippen molar-refractivity contribution in [2.24, 2.45) is 0 Å². The SMILES string of the molecule is CCn1c(SCC(=O)Nc2cc(C)no2)nnc1-c1ccccc1C. The van der Waals surface area contributed by atoms with Crippen LogP contribution in [0.3, 0.4) is 0 Å². The molecular weight excluding hydrogens is 338 g/mol. The molecule has 1 amide bonds. The number of amides is 1. The van der Waals surface area contributed by atoms with Crippen LogP contribution in [0.15, 0.2) is 40.0 Å². The predicted molar refractivity (Wildman–Crippen MR) is 96.5 cm³/mol. The summed E-state index contributed by atoms with van der Waals surface area (Å²) in [5.74, 6) is 1.20. The molecule has 2 heterocycles. The molecule has 0 saturated heterocycles. The second-order valence-corrected chi connectivity index (χ2v) is 6.48. The number of carbonyl (C=O) groups excluding carboxylic acids is 1. The summed E-state index contributed by atoms with van der Waals surface area (Å²) in [6.07, 6.45) is 0. The minimum absolute atomic E-state index is 0.177. The number of hydrogen-bond acceptors (Lipinski definition) is 6. The molecule has 0 bridgehead atoms. The lowest BCUT2D eigenvalue weighted by atomic mass is 10.1. The predicted octanol–water partition coefficient (Wildman–Crippen LogP) is 3.30. The van der Waals surface area contributed by atoms with Gasteiger partial charge in [-0.1, -0.05) is 41.2 Å². The van der Waals surface area contributed by atoms with Gasteiger partial charge in [0, 0.05) is 18.2 Å². The molecule has 3 rings (SSSR count). The number of carbonyl (C=O) groups is 1. The lowest BCUT2D eigenvalue weighted by Gasteiger charge is -2.09. The first-order chi connectivity index (χ1) is 12.1. The topological polar surface area (TPSA) is 85.8 Å². The van der Waals surface area contributed by atoms with E-state index in [1.807, 2.05) is 42.7 Å². The standard InChI is InChI=1S/C17H19N5O2S/c1-4-22-16(13-8-6-5-7-11(13)2)19-20-17(22)25-10-14(23)18-15-9-12(3)21-24-15/h5-9H,4,10H2,1-3H3,(H,18,23). The molecule has 130 valence electrons. The first-order valence-electron chi connectivity index (χ1n) is 7.93. The Labute approximate surface area is 149 Å². The van der Waals surface area contributed by atoms with E-state index in [9.17, 15) is 4.79 Å². The number of hydrogen-bond donors (Lipinski definition) is 1. The summed E-state index contributed by atoms with van der Waals surface area (Å²) in [5.41, 5.74) is 2.90. The highest BCUT2D eigenvalue weighted by atomic mass is 32.2. The largest absolute Gasteiger partial charge is 0.338 e. The number of nitrogens with zero attached hydrogens (tertiary/aromatic N) is 4. The van der Waals surface area contributed by atoms with Crippen LogP contribution in [0.4, 0.5) is 5.88 Å². The van der Waals surface area contributed by atoms with E-state index in [0.29, 0.717) is 11.0 Å². The van der Waals surface area contributed by atoms with E-state index in [4.69, 9.17) is 4.52 Å². The number of aromatic nitrogens is 4. The molecule has 1 N–H and O–H groups in total. The molecular formula is C17H19N5O2S. The molecule has 8 heteroatoms. The van der Waals surface area contributed by atoms with Crippen molar-refractivity contribution in [1.82, 2.24) is 19.9 Å². The Bertz CT molecular complexity index is 887. The van der Waals surface area contributed by atoms with Crippen molar-refractivity contribution in [3.8, 4) is 11.4 Å². The smallest absolute Gasteiger partial charge is 0.237 e. The van der Waals surface area contributed by atoms with Crippen LogP contribution in [-0.2, 0) is 11.3 Å². The average Bonchev–Trinajstić information content (AvgIpc) is 3.19. The number of rotatable bonds is 6. The summed E-state index contributed by atoms with van der Waals surface area (Å²) in [6, 6.07) is 9.73. The summed E-state index contributed by atoms with van der Waals surface area (Å²) >= 11 is 1.34. The Morgan fingerprint density at radius 2 is 2.08 bits per heavy atom. The van der Waals surface area contributed by atoms with Gasteiger partial charge in [-0.3, -0.25) is 10.1 Å². The second kappa shape index (κ2) is 7.52. The Hall–Kier alpha value is -2.61. The Morgan fingerprint density at radius 3 is 2.76 bits per heavy atom. The van der Waals surface area contributed by atoms with Crippen LogP contribution in [0, 0.1) is 13.8 Å². The van der Waals surface area contributed by atoms with Gasteiger partial charge in [0.05, 0.1) is 11.4 Å². The van der Waals surface area contributed by atoms with Gasteiger partial charge in [0.2, 0.25) is 11.8 Å². The highest BCUT2D eigenvalue weighted by Crippen LogP contribution is 2.26. The maximum atomic E-state index is 12.0. The molecule has 1 aromatic carbocycles. The highest BCUT2D eigenvalue weighted by molar-refractivity contribution is 7.99. The minimum atomic E-state index is -0.177. The van der Waals surface area contributed by atoms with E-state index in [2.05, 4.69) is 20.7 Å². The van der Waals surface area contributed by atoms with Gasteiger partial charge in [-0.25, -0.2) is 0 Å². The van der Waals surface area contributed by atoms with E-state index < -0.39 is 0 Å². The molecule has 3 aromatic rings. The van der Waals surface area contributed by atoms with Crippen LogP contribution >= 0.6 is 11.8 Å². The minimum Gasteiger partial charge on any atom is -0.338 e. The van der Waals surface area contributed by atoms with Gasteiger partial charge in [0.25, 0.3) is 0 Å². The van der Waals surface area contributed by atoms with Crippen LogP contribution in [-0.4, -0.2) is 31.6 Å². The molecule has 25 heavy (non-hydrogen) atoms. The van der Waals surface area contributed by atoms with E-state index >= 15 is 0 Å². The molecule has 2 aromatic heterocycles. The van der Waals surface area contributed by atoms with Gasteiger partial charge in [-0.05, 0) is 26.3 Å². The summed E-state index contributed by atoms with van der Waals surface area (Å²) in [7, 11) is 0. The van der Waals surface area contributed by atoms with Crippen molar-refractivity contribution in [3.05, 3.63) is 41.6 Å². The first kappa shape index (κ1) is 17.2. The average molecular weight is 357 g/mol. The van der Waals surface area contributed by atoms with E-state index in [1.165, 1.54) is 11.8 Å². The summed E-state index contributed by atoms with van der Waals surface area (Å²) in [4.78, 5) is 12.0. The van der Waals surface area contributed by atoms with Gasteiger partial charge in [0.15, 0.2) is 11.0 Å². The lowest BCUT2D eigenvalue weighted by molar-refractivity contribution is -0.113. The normalized spacial score (nSPS) is 10.8. The zero-order chi connectivity index (χ0) is 17.8. The third kappa shape index (κ3) is 3.90. The van der Waals surface area contributed by atoms with E-state index in [1.54, 1.807) is 13.0 Å². The number of aryl methyl sites for hydroxylation is 2. The van der Waals surface area contributed by atoms with Gasteiger partial charge in [-0.2, -0.15) is 0 Å². The fourth-order valence-electron chi connectivity index (χ4n) is 2.43. The third-order valence-corrected chi connectivity index (χ3v) is 4.61. The number of nitrogens with one attached hydrogen (secondary N) is 1. The summed E-state index contributed by atoms with van der Waals surface area (Å²) in [6.45, 7) is 6.60. The molecule has 0 saturated carbocycles. The number of thioether (sulfide) groups is 1. The van der Waals surface area contributed by atoms with Crippen LogP contribution in [0.5, 0.6) is 0 Å². The third-order valence-electron chi connectivity index (χ3n) is 3.64. The fraction of sp³-hybridized carbons (Fsp3) is 0.294. The van der Waals surface area contributed by atoms with Gasteiger partial charge >= 0.3 is 0 Å². The van der Waals surface area contributed by atoms with Crippen molar-refractivity contribution in [2.75, 3.05) is 11.1 Å². The zero-order valence-corrected chi connectivity index (χ0v) is 15.1. The van der Waals surface area contributed by atoms with Crippen molar-refractivity contribution < 1.29 is 9.32 Å². The van der Waals surface area contributed by atoms with Gasteiger partial charge < -0.3 is 9.09 Å². The fourth-order valence-corrected chi connectivity index (χ4v) is 3.23. The molecule has 0 fully saturated rings. The maximum Gasteiger partial charge on any atom is 0.237 e. The quantitative estimate of drug-likeness (QED) is 0.681. The highest BCUT2D eigenvalue weighted by Gasteiger charge is 2.16. The Kier molecular flexibility index (Phi) is 5.18. The summed E-state index contributed by atoms with van der Waals surface area (Å²) in [5, 5.41) is 15.7. The van der Waals surface area contributed by atoms with Crippen molar-refractivity contribution in [3.63, 3.8) is 0 Å². The van der Waals surface area contributed by atoms with E-state index in [0.717, 1.165) is 29.2 Å². The van der Waals surface area contributed by atoms with Crippen LogP contribution in [0.1, 0.15) is 18.2 Å². The molecule has 0 aliphatic rings. The second-order valence-electron chi connectivity index (χ2n) is 5.53. The zero-order valence-electron chi connectivity index (χ0n) is 14.3. The van der Waals surface area contributed by atoms with Crippen LogP contribution < -0.4 is 5.32 Å². The Morgan fingerprint density at radius 1 is 1.28 bits per heavy atom. The van der Waals surface area contributed by atoms with Crippen LogP contribution in [0.25, 0.3) is 11.4 Å². The molecule has 0 aliphatic heterocycles. The molecule has 0 unspecified atom stereocenters. The number of anilines is 1. The van der Waals surface area contributed by atoms with Gasteiger partial charge in [0.1, 0.15) is 0 Å². The first-order valence-corrected chi connectivity index (χ1v) is 8.92. The van der Waals surface area contributed by atoms with Crippen molar-refractivity contribution >= 4 is 23.6 Å². The number of benzene rings is 1. The van der Waals surface area contributed by atoms with Crippen molar-refractivity contribution in [2.45, 2.75) is 32.5 Å². The van der Waals surface area contributed by atoms with Crippen molar-refractivity contribution in [1.29, 1.82) is 0 Å². The molecule has 0 atom stereocenters. The Balaban J connectivity index is 1.71. The molecule has 7 nitrogen and oxygen atoms in total. The monoisotopic (exact) mass is 357 g/mol. The van der Waals surface area contributed by atoms with Crippen LogP contribution in [0.2, 0.25) is 0 Å². The van der Waals surface area contributed by atoms with Gasteiger partial charge in [-0.15, -0.1) is 10.2 Å². The summed E-state index contributed by atoms with van der Waals surface area (Å²) < 4.78 is 7.00. The maximum absolute atomic E-state index is 12.0. The molecule has 0 aliphatic carbocycles. The molecule has 0 radical (unpaired) electrons.